The van der Waals surface area contributed by atoms with Crippen LogP contribution in [-0.2, 0) is 0 Å². The summed E-state index contributed by atoms with van der Waals surface area (Å²) in [6.45, 7) is 1.91. The lowest BCUT2D eigenvalue weighted by Crippen LogP contribution is -2.19. The highest BCUT2D eigenvalue weighted by Crippen LogP contribution is 2.38. The Hall–Kier alpha value is -3.26. The minimum Gasteiger partial charge on any atom is -0.493 e. The summed E-state index contributed by atoms with van der Waals surface area (Å²) in [7, 11) is 3.15. The van der Waals surface area contributed by atoms with Gasteiger partial charge in [0.2, 0.25) is 0 Å². The van der Waals surface area contributed by atoms with E-state index in [-0.39, 0.29) is 0 Å². The van der Waals surface area contributed by atoms with E-state index in [1.807, 2.05) is 25.1 Å². The monoisotopic (exact) mass is 385 g/mol. The standard InChI is InChI=1S/C19H19N3O4S/c1-12-10-16(24-2)17(25-3)11-15(12)26-14-7-5-4-6-13(14)21-18(23)22-19-20-8-9-27-19/h4-11H,1-3H3,(H2,20,21,22,23). The first kappa shape index (κ1) is 18.5. The lowest BCUT2D eigenvalue weighted by molar-refractivity contribution is 0.262. The molecular formula is C19H19N3O4S. The summed E-state index contributed by atoms with van der Waals surface area (Å²) in [5.41, 5.74) is 1.40. The lowest BCUT2D eigenvalue weighted by atomic mass is 10.2. The van der Waals surface area contributed by atoms with Gasteiger partial charge in [-0.25, -0.2) is 9.78 Å². The molecule has 2 N–H and O–H groups in total. The van der Waals surface area contributed by atoms with Gasteiger partial charge in [0.25, 0.3) is 0 Å². The summed E-state index contributed by atoms with van der Waals surface area (Å²) < 4.78 is 16.7. The first-order valence-electron chi connectivity index (χ1n) is 8.07. The van der Waals surface area contributed by atoms with Crippen LogP contribution in [0.4, 0.5) is 15.6 Å². The Morgan fingerprint density at radius 1 is 1.00 bits per heavy atom. The van der Waals surface area contributed by atoms with Crippen molar-refractivity contribution in [3.63, 3.8) is 0 Å². The Balaban J connectivity index is 1.81. The summed E-state index contributed by atoms with van der Waals surface area (Å²) >= 11 is 1.34. The molecule has 0 aliphatic carbocycles. The molecule has 8 heteroatoms. The zero-order valence-electron chi connectivity index (χ0n) is 15.1. The number of aryl methyl sites for hydroxylation is 1. The first-order chi connectivity index (χ1) is 13.1. The van der Waals surface area contributed by atoms with Crippen LogP contribution in [0.2, 0.25) is 0 Å². The van der Waals surface area contributed by atoms with Crippen molar-refractivity contribution in [1.29, 1.82) is 0 Å². The zero-order chi connectivity index (χ0) is 19.2. The van der Waals surface area contributed by atoms with Crippen LogP contribution >= 0.6 is 11.3 Å². The predicted molar refractivity (Wildman–Crippen MR) is 106 cm³/mol. The molecule has 0 bridgehead atoms. The van der Waals surface area contributed by atoms with Gasteiger partial charge in [-0.05, 0) is 30.7 Å². The third-order valence-corrected chi connectivity index (χ3v) is 4.38. The molecule has 0 atom stereocenters. The van der Waals surface area contributed by atoms with Gasteiger partial charge >= 0.3 is 6.03 Å². The van der Waals surface area contributed by atoms with Gasteiger partial charge in [-0.2, -0.15) is 0 Å². The quantitative estimate of drug-likeness (QED) is 0.630. The molecule has 0 fully saturated rings. The number of thiazole rings is 1. The Morgan fingerprint density at radius 2 is 1.74 bits per heavy atom. The number of amides is 2. The Labute approximate surface area is 160 Å². The van der Waals surface area contributed by atoms with Gasteiger partial charge in [0.05, 0.1) is 19.9 Å². The van der Waals surface area contributed by atoms with E-state index >= 15 is 0 Å². The Bertz CT molecular complexity index is 929. The first-order valence-corrected chi connectivity index (χ1v) is 8.95. The minimum atomic E-state index is -0.398. The van der Waals surface area contributed by atoms with Crippen LogP contribution in [0.25, 0.3) is 0 Å². The number of hydrogen-bond donors (Lipinski definition) is 2. The van der Waals surface area contributed by atoms with Crippen LogP contribution in [-0.4, -0.2) is 25.2 Å². The van der Waals surface area contributed by atoms with Crippen LogP contribution in [0, 0.1) is 6.92 Å². The molecule has 7 nitrogen and oxygen atoms in total. The summed E-state index contributed by atoms with van der Waals surface area (Å²) in [5.74, 6) is 2.28. The number of benzene rings is 2. The number of rotatable bonds is 6. The van der Waals surface area contributed by atoms with Crippen molar-refractivity contribution in [2.75, 3.05) is 24.9 Å². The van der Waals surface area contributed by atoms with Crippen LogP contribution in [0.1, 0.15) is 5.56 Å². The molecule has 0 spiro atoms. The third kappa shape index (κ3) is 4.48. The number of anilines is 2. The van der Waals surface area contributed by atoms with Gasteiger partial charge in [0, 0.05) is 17.6 Å². The fourth-order valence-corrected chi connectivity index (χ4v) is 2.91. The summed E-state index contributed by atoms with van der Waals surface area (Å²) in [6, 6.07) is 10.4. The van der Waals surface area contributed by atoms with Gasteiger partial charge in [-0.1, -0.05) is 12.1 Å². The molecule has 1 aromatic heterocycles. The number of ether oxygens (including phenoxy) is 3. The highest BCUT2D eigenvalue weighted by atomic mass is 32.1. The van der Waals surface area contributed by atoms with E-state index in [0.717, 1.165) is 5.56 Å². The molecule has 1 heterocycles. The number of para-hydroxylation sites is 2. The highest BCUT2D eigenvalue weighted by Gasteiger charge is 2.13. The van der Waals surface area contributed by atoms with E-state index in [1.54, 1.807) is 44.0 Å². The number of carbonyl (C=O) groups is 1. The second kappa shape index (κ2) is 8.41. The van der Waals surface area contributed by atoms with Gasteiger partial charge in [0.15, 0.2) is 22.4 Å². The maximum absolute atomic E-state index is 12.2. The normalized spacial score (nSPS) is 10.2. The Morgan fingerprint density at radius 3 is 2.44 bits per heavy atom. The number of methoxy groups -OCH3 is 2. The van der Waals surface area contributed by atoms with Crippen molar-refractivity contribution >= 4 is 28.2 Å². The van der Waals surface area contributed by atoms with Gasteiger partial charge in [-0.15, -0.1) is 11.3 Å². The average molecular weight is 385 g/mol. The molecule has 2 aromatic carbocycles. The number of urea groups is 1. The van der Waals surface area contributed by atoms with Crippen LogP contribution < -0.4 is 24.8 Å². The van der Waals surface area contributed by atoms with Crippen molar-refractivity contribution in [2.24, 2.45) is 0 Å². The maximum Gasteiger partial charge on any atom is 0.325 e. The molecule has 0 saturated heterocycles. The van der Waals surface area contributed by atoms with Gasteiger partial charge < -0.3 is 19.5 Å². The molecule has 140 valence electrons. The molecule has 0 saturated carbocycles. The van der Waals surface area contributed by atoms with Crippen molar-refractivity contribution in [3.05, 3.63) is 53.5 Å². The number of carbonyl (C=O) groups excluding carboxylic acids is 1. The molecule has 3 rings (SSSR count). The van der Waals surface area contributed by atoms with Crippen molar-refractivity contribution in [3.8, 4) is 23.0 Å². The SMILES string of the molecule is COc1cc(C)c(Oc2ccccc2NC(=O)Nc2nccs2)cc1OC. The van der Waals surface area contributed by atoms with Crippen molar-refractivity contribution in [1.82, 2.24) is 4.98 Å². The van der Waals surface area contributed by atoms with Crippen LogP contribution in [0.15, 0.2) is 48.0 Å². The fourth-order valence-electron chi connectivity index (χ4n) is 2.39. The second-order valence-corrected chi connectivity index (χ2v) is 6.38. The number of nitrogens with zero attached hydrogens (tertiary/aromatic N) is 1. The van der Waals surface area contributed by atoms with E-state index in [0.29, 0.717) is 33.8 Å². The van der Waals surface area contributed by atoms with Crippen molar-refractivity contribution in [2.45, 2.75) is 6.92 Å². The Kier molecular flexibility index (Phi) is 5.77. The minimum absolute atomic E-state index is 0.398. The molecule has 0 aliphatic rings. The molecule has 2 amide bonds. The third-order valence-electron chi connectivity index (χ3n) is 3.69. The molecule has 0 unspecified atom stereocenters. The van der Waals surface area contributed by atoms with E-state index < -0.39 is 6.03 Å². The lowest BCUT2D eigenvalue weighted by Gasteiger charge is -2.16. The molecule has 27 heavy (non-hydrogen) atoms. The van der Waals surface area contributed by atoms with E-state index in [2.05, 4.69) is 15.6 Å². The average Bonchev–Trinajstić information content (AvgIpc) is 3.17. The topological polar surface area (TPSA) is 81.7 Å². The predicted octanol–water partition coefficient (Wildman–Crippen LogP) is 4.91. The smallest absolute Gasteiger partial charge is 0.325 e. The molecule has 0 aliphatic heterocycles. The molecular weight excluding hydrogens is 366 g/mol. The summed E-state index contributed by atoms with van der Waals surface area (Å²) in [5, 5.41) is 7.75. The highest BCUT2D eigenvalue weighted by molar-refractivity contribution is 7.13. The maximum atomic E-state index is 12.2. The summed E-state index contributed by atoms with van der Waals surface area (Å²) in [6.07, 6.45) is 1.62. The number of hydrogen-bond acceptors (Lipinski definition) is 6. The molecule has 0 radical (unpaired) electrons. The second-order valence-electron chi connectivity index (χ2n) is 5.49. The van der Waals surface area contributed by atoms with E-state index in [9.17, 15) is 4.79 Å². The molecule has 3 aromatic rings. The fraction of sp³-hybridized carbons (Fsp3) is 0.158. The van der Waals surface area contributed by atoms with Crippen LogP contribution in [0.5, 0.6) is 23.0 Å². The summed E-state index contributed by atoms with van der Waals surface area (Å²) in [4.78, 5) is 16.2. The van der Waals surface area contributed by atoms with Gasteiger partial charge in [-0.3, -0.25) is 5.32 Å². The van der Waals surface area contributed by atoms with Crippen molar-refractivity contribution < 1.29 is 19.0 Å². The van der Waals surface area contributed by atoms with Gasteiger partial charge in [0.1, 0.15) is 5.75 Å². The number of nitrogens with one attached hydrogen (secondary N) is 2. The van der Waals surface area contributed by atoms with E-state index in [1.165, 1.54) is 11.3 Å². The zero-order valence-corrected chi connectivity index (χ0v) is 15.9. The van der Waals surface area contributed by atoms with E-state index in [4.69, 9.17) is 14.2 Å². The van der Waals surface area contributed by atoms with Crippen LogP contribution in [0.3, 0.4) is 0 Å². The number of aromatic nitrogens is 1. The largest absolute Gasteiger partial charge is 0.493 e.